The minimum Gasteiger partial charge on any atom is -0.492 e. The number of carbonyl (C=O) groups excluding carboxylic acids is 2. The zero-order chi connectivity index (χ0) is 30.1. The molecule has 1 fully saturated rings. The molecule has 0 unspecified atom stereocenters. The summed E-state index contributed by atoms with van der Waals surface area (Å²) in [6.45, 7) is 3.43. The standard InChI is InChI=1S/C32H38BrN3O5S/c1-3-41-30-20-11-10-19-29(30)36(42(39,40)28-17-8-5-9-18-28)23-31(37)35(22-25-13-12-14-26(33)21-25)24(2)32(38)34-27-15-6-4-7-16-27/h5,8-14,17-21,24,27H,3-4,6-7,15-16,22-23H2,1-2H3,(H,34,38)/t24-/m0/s1. The molecule has 8 nitrogen and oxygen atoms in total. The lowest BCUT2D eigenvalue weighted by Gasteiger charge is -2.33. The van der Waals surface area contributed by atoms with Crippen molar-refractivity contribution in [1.29, 1.82) is 0 Å². The van der Waals surface area contributed by atoms with Gasteiger partial charge in [-0.1, -0.05) is 77.7 Å². The third-order valence-corrected chi connectivity index (χ3v) is 9.67. The van der Waals surface area contributed by atoms with Crippen molar-refractivity contribution in [2.75, 3.05) is 17.5 Å². The zero-order valence-electron chi connectivity index (χ0n) is 24.0. The van der Waals surface area contributed by atoms with E-state index in [1.807, 2.05) is 31.2 Å². The Bertz CT molecular complexity index is 1460. The summed E-state index contributed by atoms with van der Waals surface area (Å²) in [5, 5.41) is 3.12. The van der Waals surface area contributed by atoms with Crippen molar-refractivity contribution in [3.05, 3.63) is 88.9 Å². The maximum Gasteiger partial charge on any atom is 0.264 e. The van der Waals surface area contributed by atoms with Crippen molar-refractivity contribution in [3.8, 4) is 5.75 Å². The van der Waals surface area contributed by atoms with E-state index in [9.17, 15) is 18.0 Å². The first-order chi connectivity index (χ1) is 20.2. The zero-order valence-corrected chi connectivity index (χ0v) is 26.4. The fraction of sp³-hybridized carbons (Fsp3) is 0.375. The molecule has 1 atom stereocenters. The molecule has 1 N–H and O–H groups in total. The van der Waals surface area contributed by atoms with E-state index in [0.717, 1.165) is 46.4 Å². The quantitative estimate of drug-likeness (QED) is 0.262. The van der Waals surface area contributed by atoms with Gasteiger partial charge in [0.2, 0.25) is 11.8 Å². The molecule has 10 heteroatoms. The number of rotatable bonds is 12. The van der Waals surface area contributed by atoms with Crippen LogP contribution in [-0.2, 0) is 26.2 Å². The van der Waals surface area contributed by atoms with E-state index in [1.165, 1.54) is 17.0 Å². The molecule has 42 heavy (non-hydrogen) atoms. The molecule has 3 aromatic rings. The smallest absolute Gasteiger partial charge is 0.264 e. The van der Waals surface area contributed by atoms with Crippen molar-refractivity contribution >= 4 is 43.5 Å². The topological polar surface area (TPSA) is 96.0 Å². The molecule has 1 aliphatic carbocycles. The van der Waals surface area contributed by atoms with Gasteiger partial charge in [0.1, 0.15) is 18.3 Å². The maximum absolute atomic E-state index is 14.2. The average Bonchev–Trinajstić information content (AvgIpc) is 2.99. The third kappa shape index (κ3) is 7.92. The molecule has 2 amide bonds. The lowest BCUT2D eigenvalue weighted by Crippen LogP contribution is -2.53. The van der Waals surface area contributed by atoms with E-state index in [1.54, 1.807) is 49.4 Å². The summed E-state index contributed by atoms with van der Waals surface area (Å²) in [5.74, 6) is -0.418. The van der Waals surface area contributed by atoms with Crippen LogP contribution >= 0.6 is 15.9 Å². The summed E-state index contributed by atoms with van der Waals surface area (Å²) in [6.07, 6.45) is 5.10. The first-order valence-electron chi connectivity index (χ1n) is 14.3. The second-order valence-electron chi connectivity index (χ2n) is 10.4. The van der Waals surface area contributed by atoms with Crippen LogP contribution in [-0.4, -0.2) is 50.4 Å². The number of anilines is 1. The van der Waals surface area contributed by atoms with Gasteiger partial charge in [-0.15, -0.1) is 0 Å². The van der Waals surface area contributed by atoms with Crippen molar-refractivity contribution in [3.63, 3.8) is 0 Å². The molecule has 1 saturated carbocycles. The molecule has 0 aliphatic heterocycles. The molecule has 0 radical (unpaired) electrons. The number of para-hydroxylation sites is 2. The molecule has 4 rings (SSSR count). The highest BCUT2D eigenvalue weighted by Gasteiger charge is 2.34. The molecule has 0 heterocycles. The molecule has 0 bridgehead atoms. The largest absolute Gasteiger partial charge is 0.492 e. The van der Waals surface area contributed by atoms with Gasteiger partial charge in [0.25, 0.3) is 10.0 Å². The lowest BCUT2D eigenvalue weighted by molar-refractivity contribution is -0.139. The van der Waals surface area contributed by atoms with Gasteiger partial charge in [0.05, 0.1) is 17.2 Å². The van der Waals surface area contributed by atoms with E-state index in [2.05, 4.69) is 21.2 Å². The molecule has 1 aliphatic rings. The summed E-state index contributed by atoms with van der Waals surface area (Å²) in [5.41, 5.74) is 1.06. The number of halogens is 1. The summed E-state index contributed by atoms with van der Waals surface area (Å²) in [6, 6.07) is 21.5. The highest BCUT2D eigenvalue weighted by molar-refractivity contribution is 9.10. The monoisotopic (exact) mass is 655 g/mol. The average molecular weight is 657 g/mol. The normalized spacial score (nSPS) is 14.5. The van der Waals surface area contributed by atoms with Gasteiger partial charge in [0.15, 0.2) is 0 Å². The van der Waals surface area contributed by atoms with Crippen molar-refractivity contribution in [1.82, 2.24) is 10.2 Å². The van der Waals surface area contributed by atoms with Crippen molar-refractivity contribution in [2.45, 2.75) is 69.5 Å². The van der Waals surface area contributed by atoms with Crippen LogP contribution in [0.5, 0.6) is 5.75 Å². The van der Waals surface area contributed by atoms with Gasteiger partial charge in [-0.25, -0.2) is 8.42 Å². The van der Waals surface area contributed by atoms with Gasteiger partial charge in [0, 0.05) is 17.1 Å². The van der Waals surface area contributed by atoms with E-state index in [4.69, 9.17) is 4.74 Å². The van der Waals surface area contributed by atoms with E-state index < -0.39 is 28.5 Å². The summed E-state index contributed by atoms with van der Waals surface area (Å²) >= 11 is 3.48. The van der Waals surface area contributed by atoms with E-state index in [-0.39, 0.29) is 29.1 Å². The summed E-state index contributed by atoms with van der Waals surface area (Å²) in [4.78, 5) is 29.2. The van der Waals surface area contributed by atoms with Gasteiger partial charge < -0.3 is 15.0 Å². The fourth-order valence-corrected chi connectivity index (χ4v) is 7.05. The van der Waals surface area contributed by atoms with E-state index >= 15 is 0 Å². The van der Waals surface area contributed by atoms with Crippen LogP contribution < -0.4 is 14.4 Å². The number of nitrogens with one attached hydrogen (secondary N) is 1. The molecular weight excluding hydrogens is 618 g/mol. The minimum absolute atomic E-state index is 0.0470. The Hall–Kier alpha value is -3.37. The second-order valence-corrected chi connectivity index (χ2v) is 13.2. The number of hydrogen-bond acceptors (Lipinski definition) is 5. The SMILES string of the molecule is CCOc1ccccc1N(CC(=O)N(Cc1cccc(Br)c1)[C@@H](C)C(=O)NC1CCCCC1)S(=O)(=O)c1ccccc1. The number of ether oxygens (including phenoxy) is 1. The van der Waals surface area contributed by atoms with Crippen LogP contribution in [0.3, 0.4) is 0 Å². The fourth-order valence-electron chi connectivity index (χ4n) is 5.16. The predicted octanol–water partition coefficient (Wildman–Crippen LogP) is 5.91. The van der Waals surface area contributed by atoms with Gasteiger partial charge in [-0.2, -0.15) is 0 Å². The van der Waals surface area contributed by atoms with Crippen LogP contribution in [0, 0.1) is 0 Å². The van der Waals surface area contributed by atoms with Crippen molar-refractivity contribution in [2.24, 2.45) is 0 Å². The number of benzene rings is 3. The molecule has 224 valence electrons. The number of nitrogens with zero attached hydrogens (tertiary/aromatic N) is 2. The predicted molar refractivity (Wildman–Crippen MR) is 168 cm³/mol. The van der Waals surface area contributed by atoms with Gasteiger partial charge in [-0.3, -0.25) is 13.9 Å². The van der Waals surface area contributed by atoms with Crippen LogP contribution in [0.15, 0.2) is 88.2 Å². The summed E-state index contributed by atoms with van der Waals surface area (Å²) in [7, 11) is -4.17. The second kappa shape index (κ2) is 14.7. The number of sulfonamides is 1. The first-order valence-corrected chi connectivity index (χ1v) is 16.6. The Morgan fingerprint density at radius 3 is 2.36 bits per heavy atom. The molecular formula is C32H38BrN3O5S. The number of hydrogen-bond donors (Lipinski definition) is 1. The minimum atomic E-state index is -4.17. The van der Waals surface area contributed by atoms with Crippen LogP contribution in [0.4, 0.5) is 5.69 Å². The Labute approximate surface area is 257 Å². The number of carbonyl (C=O) groups is 2. The Morgan fingerprint density at radius 1 is 0.976 bits per heavy atom. The summed E-state index contributed by atoms with van der Waals surface area (Å²) < 4.78 is 35.7. The molecule has 0 spiro atoms. The van der Waals surface area contributed by atoms with Crippen LogP contribution in [0.25, 0.3) is 0 Å². The van der Waals surface area contributed by atoms with Crippen LogP contribution in [0.2, 0.25) is 0 Å². The number of amides is 2. The Morgan fingerprint density at radius 2 is 1.67 bits per heavy atom. The van der Waals surface area contributed by atoms with Gasteiger partial charge >= 0.3 is 0 Å². The van der Waals surface area contributed by atoms with Crippen LogP contribution in [0.1, 0.15) is 51.5 Å². The Balaban J connectivity index is 1.70. The van der Waals surface area contributed by atoms with Gasteiger partial charge in [-0.05, 0) is 68.7 Å². The molecule has 0 saturated heterocycles. The molecule has 3 aromatic carbocycles. The Kier molecular flexibility index (Phi) is 11.0. The molecule has 0 aromatic heterocycles. The van der Waals surface area contributed by atoms with Crippen molar-refractivity contribution < 1.29 is 22.7 Å². The highest BCUT2D eigenvalue weighted by atomic mass is 79.9. The van der Waals surface area contributed by atoms with E-state index in [0.29, 0.717) is 12.4 Å². The maximum atomic E-state index is 14.2. The highest BCUT2D eigenvalue weighted by Crippen LogP contribution is 2.33. The third-order valence-electron chi connectivity index (χ3n) is 7.40. The first kappa shape index (κ1) is 31.6. The lowest BCUT2D eigenvalue weighted by atomic mass is 9.95.